The Morgan fingerprint density at radius 1 is 1.35 bits per heavy atom. The van der Waals surface area contributed by atoms with Gasteiger partial charge in [0.2, 0.25) is 0 Å². The SMILES string of the molecule is NCC(OC1CCOCC1)c1ccccc1F. The summed E-state index contributed by atoms with van der Waals surface area (Å²) in [6, 6.07) is 6.63. The molecule has 0 aromatic heterocycles. The summed E-state index contributed by atoms with van der Waals surface area (Å²) >= 11 is 0. The Morgan fingerprint density at radius 2 is 2.06 bits per heavy atom. The van der Waals surface area contributed by atoms with Crippen LogP contribution in [-0.2, 0) is 9.47 Å². The van der Waals surface area contributed by atoms with Crippen molar-refractivity contribution < 1.29 is 13.9 Å². The highest BCUT2D eigenvalue weighted by Gasteiger charge is 2.21. The van der Waals surface area contributed by atoms with Gasteiger partial charge in [-0.2, -0.15) is 0 Å². The van der Waals surface area contributed by atoms with Crippen molar-refractivity contribution in [1.82, 2.24) is 0 Å². The van der Waals surface area contributed by atoms with Gasteiger partial charge in [-0.05, 0) is 18.9 Å². The molecule has 2 rings (SSSR count). The third-order valence-electron chi connectivity index (χ3n) is 2.99. The lowest BCUT2D eigenvalue weighted by atomic mass is 10.1. The Kier molecular flexibility index (Phi) is 4.48. The first-order valence-corrected chi connectivity index (χ1v) is 5.99. The molecule has 1 heterocycles. The van der Waals surface area contributed by atoms with Crippen LogP contribution in [0.15, 0.2) is 24.3 Å². The second-order valence-electron chi connectivity index (χ2n) is 4.19. The molecule has 1 fully saturated rings. The molecule has 1 atom stereocenters. The van der Waals surface area contributed by atoms with E-state index in [-0.39, 0.29) is 24.6 Å². The normalized spacial score (nSPS) is 19.2. The number of hydrogen-bond donors (Lipinski definition) is 1. The monoisotopic (exact) mass is 239 g/mol. The summed E-state index contributed by atoms with van der Waals surface area (Å²) < 4.78 is 24.7. The van der Waals surface area contributed by atoms with E-state index in [1.54, 1.807) is 18.2 Å². The molecule has 0 radical (unpaired) electrons. The molecule has 0 amide bonds. The molecule has 1 aromatic carbocycles. The van der Waals surface area contributed by atoms with E-state index in [0.717, 1.165) is 12.8 Å². The molecule has 1 unspecified atom stereocenters. The van der Waals surface area contributed by atoms with Gasteiger partial charge in [-0.3, -0.25) is 0 Å². The van der Waals surface area contributed by atoms with E-state index in [2.05, 4.69) is 0 Å². The first-order chi connectivity index (χ1) is 8.31. The Morgan fingerprint density at radius 3 is 2.71 bits per heavy atom. The number of halogens is 1. The summed E-state index contributed by atoms with van der Waals surface area (Å²) in [7, 11) is 0. The van der Waals surface area contributed by atoms with Crippen LogP contribution < -0.4 is 5.73 Å². The highest BCUT2D eigenvalue weighted by Crippen LogP contribution is 2.24. The van der Waals surface area contributed by atoms with E-state index in [0.29, 0.717) is 18.8 Å². The number of ether oxygens (including phenoxy) is 2. The van der Waals surface area contributed by atoms with Crippen LogP contribution in [0, 0.1) is 5.82 Å². The van der Waals surface area contributed by atoms with E-state index < -0.39 is 0 Å². The van der Waals surface area contributed by atoms with E-state index in [9.17, 15) is 4.39 Å². The maximum atomic E-state index is 13.6. The van der Waals surface area contributed by atoms with Crippen molar-refractivity contribution in [3.05, 3.63) is 35.6 Å². The molecule has 0 aliphatic carbocycles. The van der Waals surface area contributed by atoms with Gasteiger partial charge in [0, 0.05) is 25.3 Å². The second-order valence-corrected chi connectivity index (χ2v) is 4.19. The summed E-state index contributed by atoms with van der Waals surface area (Å²) in [6.07, 6.45) is 1.46. The van der Waals surface area contributed by atoms with Crippen LogP contribution in [0.1, 0.15) is 24.5 Å². The summed E-state index contributed by atoms with van der Waals surface area (Å²) in [5.74, 6) is -0.255. The molecule has 3 nitrogen and oxygen atoms in total. The predicted molar refractivity (Wildman–Crippen MR) is 63.1 cm³/mol. The molecule has 1 saturated heterocycles. The molecule has 1 aromatic rings. The van der Waals surface area contributed by atoms with E-state index in [1.807, 2.05) is 0 Å². The fourth-order valence-electron chi connectivity index (χ4n) is 2.04. The van der Waals surface area contributed by atoms with Crippen molar-refractivity contribution in [3.63, 3.8) is 0 Å². The van der Waals surface area contributed by atoms with Crippen molar-refractivity contribution in [3.8, 4) is 0 Å². The largest absolute Gasteiger partial charge is 0.381 e. The lowest BCUT2D eigenvalue weighted by Crippen LogP contribution is -2.28. The maximum absolute atomic E-state index is 13.6. The Bertz CT molecular complexity index is 353. The van der Waals surface area contributed by atoms with Crippen LogP contribution in [0.5, 0.6) is 0 Å². The van der Waals surface area contributed by atoms with Gasteiger partial charge in [0.1, 0.15) is 5.82 Å². The molecule has 4 heteroatoms. The van der Waals surface area contributed by atoms with Crippen molar-refractivity contribution in [2.75, 3.05) is 19.8 Å². The molecule has 1 aliphatic heterocycles. The van der Waals surface area contributed by atoms with E-state index in [4.69, 9.17) is 15.2 Å². The average molecular weight is 239 g/mol. The quantitative estimate of drug-likeness (QED) is 0.874. The van der Waals surface area contributed by atoms with Gasteiger partial charge in [-0.1, -0.05) is 18.2 Å². The molecule has 0 spiro atoms. The Balaban J connectivity index is 2.03. The van der Waals surface area contributed by atoms with E-state index >= 15 is 0 Å². The minimum atomic E-state index is -0.362. The number of hydrogen-bond acceptors (Lipinski definition) is 3. The lowest BCUT2D eigenvalue weighted by molar-refractivity contribution is -0.0674. The predicted octanol–water partition coefficient (Wildman–Crippen LogP) is 2.02. The van der Waals surface area contributed by atoms with E-state index in [1.165, 1.54) is 6.07 Å². The summed E-state index contributed by atoms with van der Waals surface area (Å²) in [4.78, 5) is 0. The van der Waals surface area contributed by atoms with Crippen LogP contribution in [-0.4, -0.2) is 25.9 Å². The fourth-order valence-corrected chi connectivity index (χ4v) is 2.04. The van der Waals surface area contributed by atoms with Crippen molar-refractivity contribution in [1.29, 1.82) is 0 Å². The number of nitrogens with two attached hydrogens (primary N) is 1. The van der Waals surface area contributed by atoms with Gasteiger partial charge in [0.05, 0.1) is 12.2 Å². The Hall–Kier alpha value is -0.970. The van der Waals surface area contributed by atoms with Crippen molar-refractivity contribution in [2.24, 2.45) is 5.73 Å². The molecule has 17 heavy (non-hydrogen) atoms. The standard InChI is InChI=1S/C13H18FNO2/c14-12-4-2-1-3-11(12)13(9-15)17-10-5-7-16-8-6-10/h1-4,10,13H,5-9,15H2. The van der Waals surface area contributed by atoms with Crippen molar-refractivity contribution in [2.45, 2.75) is 25.0 Å². The third-order valence-corrected chi connectivity index (χ3v) is 2.99. The highest BCUT2D eigenvalue weighted by molar-refractivity contribution is 5.20. The zero-order valence-electron chi connectivity index (χ0n) is 9.77. The van der Waals surface area contributed by atoms with Crippen LogP contribution >= 0.6 is 0 Å². The average Bonchev–Trinajstić information content (AvgIpc) is 2.38. The molecule has 2 N–H and O–H groups in total. The molecule has 94 valence electrons. The van der Waals surface area contributed by atoms with Gasteiger partial charge < -0.3 is 15.2 Å². The molecule has 0 bridgehead atoms. The van der Waals surface area contributed by atoms with Crippen molar-refractivity contribution >= 4 is 0 Å². The summed E-state index contributed by atoms with van der Waals surface area (Å²) in [5.41, 5.74) is 6.21. The minimum Gasteiger partial charge on any atom is -0.381 e. The zero-order chi connectivity index (χ0) is 12.1. The second kappa shape index (κ2) is 6.10. The van der Waals surface area contributed by atoms with Crippen LogP contribution in [0.3, 0.4) is 0 Å². The minimum absolute atomic E-state index is 0.122. The first kappa shape index (κ1) is 12.5. The third kappa shape index (κ3) is 3.25. The number of rotatable bonds is 4. The smallest absolute Gasteiger partial charge is 0.129 e. The van der Waals surface area contributed by atoms with Gasteiger partial charge in [0.15, 0.2) is 0 Å². The summed E-state index contributed by atoms with van der Waals surface area (Å²) in [5, 5.41) is 0. The molecular formula is C13H18FNO2. The van der Waals surface area contributed by atoms with Crippen LogP contribution in [0.2, 0.25) is 0 Å². The Labute approximate surface area is 101 Å². The summed E-state index contributed by atoms with van der Waals surface area (Å²) in [6.45, 7) is 1.71. The van der Waals surface area contributed by atoms with Gasteiger partial charge in [-0.25, -0.2) is 4.39 Å². The maximum Gasteiger partial charge on any atom is 0.129 e. The molecule has 0 saturated carbocycles. The number of benzene rings is 1. The zero-order valence-corrected chi connectivity index (χ0v) is 9.77. The topological polar surface area (TPSA) is 44.5 Å². The fraction of sp³-hybridized carbons (Fsp3) is 0.538. The van der Waals surface area contributed by atoms with Crippen LogP contribution in [0.25, 0.3) is 0 Å². The first-order valence-electron chi connectivity index (χ1n) is 5.99. The van der Waals surface area contributed by atoms with Crippen LogP contribution in [0.4, 0.5) is 4.39 Å². The van der Waals surface area contributed by atoms with Gasteiger partial charge in [-0.15, -0.1) is 0 Å². The molecular weight excluding hydrogens is 221 g/mol. The lowest BCUT2D eigenvalue weighted by Gasteiger charge is -2.27. The molecule has 1 aliphatic rings. The van der Waals surface area contributed by atoms with Gasteiger partial charge >= 0.3 is 0 Å². The highest BCUT2D eigenvalue weighted by atomic mass is 19.1. The van der Waals surface area contributed by atoms with Gasteiger partial charge in [0.25, 0.3) is 0 Å².